The average molecular weight is 270 g/mol. The average Bonchev–Trinajstić information content (AvgIpc) is 2.75. The summed E-state index contributed by atoms with van der Waals surface area (Å²) in [6.07, 6.45) is 3.26. The standard InChI is InChI=1S/C13H22N2O4/c1-3-4-8-19-9-6-14-13(18)15-7-5-10(2)11(15)12(16)17/h3,10-11H,1,4-9H2,2H3,(H,14,18)(H,16,17). The molecule has 6 nitrogen and oxygen atoms in total. The van der Waals surface area contributed by atoms with E-state index < -0.39 is 12.0 Å². The van der Waals surface area contributed by atoms with Crippen molar-refractivity contribution in [2.45, 2.75) is 25.8 Å². The summed E-state index contributed by atoms with van der Waals surface area (Å²) in [5.74, 6) is -0.950. The lowest BCUT2D eigenvalue weighted by Crippen LogP contribution is -2.48. The van der Waals surface area contributed by atoms with Gasteiger partial charge in [0.1, 0.15) is 6.04 Å². The van der Waals surface area contributed by atoms with Gasteiger partial charge in [0.2, 0.25) is 0 Å². The molecule has 19 heavy (non-hydrogen) atoms. The Balaban J connectivity index is 2.29. The smallest absolute Gasteiger partial charge is 0.326 e. The first-order chi connectivity index (χ1) is 9.07. The summed E-state index contributed by atoms with van der Waals surface area (Å²) < 4.78 is 5.26. The van der Waals surface area contributed by atoms with Gasteiger partial charge >= 0.3 is 12.0 Å². The zero-order chi connectivity index (χ0) is 14.3. The zero-order valence-corrected chi connectivity index (χ0v) is 11.3. The van der Waals surface area contributed by atoms with Crippen LogP contribution in [0.2, 0.25) is 0 Å². The molecule has 0 saturated carbocycles. The molecule has 1 heterocycles. The minimum Gasteiger partial charge on any atom is -0.480 e. The molecule has 0 spiro atoms. The van der Waals surface area contributed by atoms with Gasteiger partial charge < -0.3 is 20.1 Å². The van der Waals surface area contributed by atoms with E-state index in [1.54, 1.807) is 6.08 Å². The lowest BCUT2D eigenvalue weighted by Gasteiger charge is -2.23. The van der Waals surface area contributed by atoms with Crippen LogP contribution >= 0.6 is 0 Å². The summed E-state index contributed by atoms with van der Waals surface area (Å²) >= 11 is 0. The Morgan fingerprint density at radius 1 is 1.53 bits per heavy atom. The summed E-state index contributed by atoms with van der Waals surface area (Å²) in [7, 11) is 0. The maximum absolute atomic E-state index is 11.9. The van der Waals surface area contributed by atoms with Crippen LogP contribution in [0.15, 0.2) is 12.7 Å². The van der Waals surface area contributed by atoms with Gasteiger partial charge in [-0.25, -0.2) is 9.59 Å². The first kappa shape index (κ1) is 15.5. The Kier molecular flexibility index (Phi) is 6.35. The number of carbonyl (C=O) groups excluding carboxylic acids is 1. The predicted octanol–water partition coefficient (Wildman–Crippen LogP) is 1.08. The molecule has 0 aromatic heterocycles. The summed E-state index contributed by atoms with van der Waals surface area (Å²) in [5.41, 5.74) is 0. The van der Waals surface area contributed by atoms with Crippen molar-refractivity contribution in [3.05, 3.63) is 12.7 Å². The molecular weight excluding hydrogens is 248 g/mol. The largest absolute Gasteiger partial charge is 0.480 e. The third-order valence-electron chi connectivity index (χ3n) is 3.20. The van der Waals surface area contributed by atoms with Crippen molar-refractivity contribution in [1.82, 2.24) is 10.2 Å². The summed E-state index contributed by atoms with van der Waals surface area (Å²) in [6.45, 7) is 7.30. The molecule has 0 radical (unpaired) electrons. The summed E-state index contributed by atoms with van der Waals surface area (Å²) in [5, 5.41) is 11.8. The number of nitrogens with zero attached hydrogens (tertiary/aromatic N) is 1. The fraction of sp³-hybridized carbons (Fsp3) is 0.692. The fourth-order valence-electron chi connectivity index (χ4n) is 2.15. The van der Waals surface area contributed by atoms with Gasteiger partial charge in [-0.15, -0.1) is 6.58 Å². The molecule has 1 aliphatic heterocycles. The molecule has 1 saturated heterocycles. The molecule has 2 N–H and O–H groups in total. The lowest BCUT2D eigenvalue weighted by molar-refractivity contribution is -0.142. The highest BCUT2D eigenvalue weighted by molar-refractivity contribution is 5.83. The zero-order valence-electron chi connectivity index (χ0n) is 11.3. The number of amides is 2. The summed E-state index contributed by atoms with van der Waals surface area (Å²) in [4.78, 5) is 24.4. The molecule has 2 atom stereocenters. The van der Waals surface area contributed by atoms with E-state index in [0.29, 0.717) is 26.3 Å². The van der Waals surface area contributed by atoms with Crippen molar-refractivity contribution in [3.8, 4) is 0 Å². The van der Waals surface area contributed by atoms with Crippen molar-refractivity contribution >= 4 is 12.0 Å². The van der Waals surface area contributed by atoms with Gasteiger partial charge in [-0.3, -0.25) is 0 Å². The van der Waals surface area contributed by atoms with Gasteiger partial charge in [-0.2, -0.15) is 0 Å². The van der Waals surface area contributed by atoms with Crippen molar-refractivity contribution in [2.75, 3.05) is 26.3 Å². The van der Waals surface area contributed by atoms with Crippen LogP contribution in [0, 0.1) is 5.92 Å². The van der Waals surface area contributed by atoms with Crippen LogP contribution in [-0.4, -0.2) is 54.4 Å². The van der Waals surface area contributed by atoms with Gasteiger partial charge in [0.15, 0.2) is 0 Å². The van der Waals surface area contributed by atoms with Crippen LogP contribution in [0.5, 0.6) is 0 Å². The molecule has 0 aliphatic carbocycles. The third kappa shape index (κ3) is 4.55. The molecule has 2 amide bonds. The minimum atomic E-state index is -0.942. The second-order valence-corrected chi connectivity index (χ2v) is 4.66. The molecule has 0 bridgehead atoms. The van der Waals surface area contributed by atoms with Gasteiger partial charge in [0, 0.05) is 13.1 Å². The molecule has 108 valence electrons. The van der Waals surface area contributed by atoms with Crippen molar-refractivity contribution < 1.29 is 19.4 Å². The fourth-order valence-corrected chi connectivity index (χ4v) is 2.15. The SMILES string of the molecule is C=CCCOCCNC(=O)N1CCC(C)C1C(=O)O. The molecule has 1 rings (SSSR count). The van der Waals surface area contributed by atoms with Crippen LogP contribution in [0.3, 0.4) is 0 Å². The first-order valence-corrected chi connectivity index (χ1v) is 6.53. The minimum absolute atomic E-state index is 0.00732. The van der Waals surface area contributed by atoms with Gasteiger partial charge in [0.05, 0.1) is 13.2 Å². The number of carbonyl (C=O) groups is 2. The highest BCUT2D eigenvalue weighted by Gasteiger charge is 2.39. The first-order valence-electron chi connectivity index (χ1n) is 6.53. The molecule has 1 aliphatic rings. The maximum atomic E-state index is 11.9. The third-order valence-corrected chi connectivity index (χ3v) is 3.20. The van der Waals surface area contributed by atoms with Gasteiger partial charge in [-0.05, 0) is 18.8 Å². The number of aliphatic carboxylic acids is 1. The number of ether oxygens (including phenoxy) is 1. The topological polar surface area (TPSA) is 78.9 Å². The molecule has 6 heteroatoms. The van der Waals surface area contributed by atoms with Gasteiger partial charge in [0.25, 0.3) is 0 Å². The van der Waals surface area contributed by atoms with E-state index in [1.807, 2.05) is 6.92 Å². The van der Waals surface area contributed by atoms with E-state index in [2.05, 4.69) is 11.9 Å². The second kappa shape index (κ2) is 7.78. The second-order valence-electron chi connectivity index (χ2n) is 4.66. The number of nitrogens with one attached hydrogen (secondary N) is 1. The quantitative estimate of drug-likeness (QED) is 0.536. The Labute approximate surface area is 113 Å². The Hall–Kier alpha value is -1.56. The lowest BCUT2D eigenvalue weighted by atomic mass is 10.0. The monoisotopic (exact) mass is 270 g/mol. The van der Waals surface area contributed by atoms with E-state index in [4.69, 9.17) is 9.84 Å². The number of urea groups is 1. The van der Waals surface area contributed by atoms with Crippen LogP contribution in [-0.2, 0) is 9.53 Å². The molecule has 0 aromatic carbocycles. The number of likely N-dealkylation sites (tertiary alicyclic amines) is 1. The molecule has 2 unspecified atom stereocenters. The van der Waals surface area contributed by atoms with Crippen LogP contribution in [0.1, 0.15) is 19.8 Å². The van der Waals surface area contributed by atoms with E-state index in [0.717, 1.165) is 12.8 Å². The highest BCUT2D eigenvalue weighted by atomic mass is 16.5. The van der Waals surface area contributed by atoms with Crippen molar-refractivity contribution in [1.29, 1.82) is 0 Å². The Morgan fingerprint density at radius 3 is 2.89 bits per heavy atom. The molecule has 0 aromatic rings. The molecule has 1 fully saturated rings. The maximum Gasteiger partial charge on any atom is 0.326 e. The van der Waals surface area contributed by atoms with Crippen molar-refractivity contribution in [2.24, 2.45) is 5.92 Å². The van der Waals surface area contributed by atoms with Gasteiger partial charge in [-0.1, -0.05) is 13.0 Å². The van der Waals surface area contributed by atoms with E-state index in [-0.39, 0.29) is 11.9 Å². The molecular formula is C13H22N2O4. The Bertz CT molecular complexity index is 333. The number of hydrogen-bond acceptors (Lipinski definition) is 3. The van der Waals surface area contributed by atoms with E-state index >= 15 is 0 Å². The Morgan fingerprint density at radius 2 is 2.26 bits per heavy atom. The van der Waals surface area contributed by atoms with Crippen LogP contribution < -0.4 is 5.32 Å². The number of hydrogen-bond donors (Lipinski definition) is 2. The van der Waals surface area contributed by atoms with Crippen molar-refractivity contribution in [3.63, 3.8) is 0 Å². The normalized spacial score (nSPS) is 22.3. The number of rotatable bonds is 7. The summed E-state index contributed by atoms with van der Waals surface area (Å²) in [6, 6.07) is -1.05. The van der Waals surface area contributed by atoms with E-state index in [9.17, 15) is 9.59 Å². The number of carboxylic acids is 1. The highest BCUT2D eigenvalue weighted by Crippen LogP contribution is 2.23. The predicted molar refractivity (Wildman–Crippen MR) is 70.9 cm³/mol. The number of carboxylic acid groups (broad SMARTS) is 1. The van der Waals surface area contributed by atoms with Crippen LogP contribution in [0.25, 0.3) is 0 Å². The van der Waals surface area contributed by atoms with E-state index in [1.165, 1.54) is 4.90 Å². The van der Waals surface area contributed by atoms with Crippen LogP contribution in [0.4, 0.5) is 4.79 Å².